The van der Waals surface area contributed by atoms with Crippen molar-refractivity contribution in [2.24, 2.45) is 0 Å². The smallest absolute Gasteiger partial charge is 0.267 e. The highest BCUT2D eigenvalue weighted by atomic mass is 16.5. The second kappa shape index (κ2) is 7.44. The number of nitrogens with zero attached hydrogens (tertiary/aromatic N) is 4. The lowest BCUT2D eigenvalue weighted by molar-refractivity contribution is 0.0925. The maximum absolute atomic E-state index is 13.6. The van der Waals surface area contributed by atoms with Gasteiger partial charge in [0.15, 0.2) is 5.65 Å². The monoisotopic (exact) mass is 442 g/mol. The van der Waals surface area contributed by atoms with Gasteiger partial charge in [-0.15, -0.1) is 0 Å². The molecule has 0 bridgehead atoms. The molecule has 0 spiro atoms. The van der Waals surface area contributed by atoms with Crippen molar-refractivity contribution < 1.29 is 19.1 Å². The van der Waals surface area contributed by atoms with Gasteiger partial charge in [-0.1, -0.05) is 6.07 Å². The summed E-state index contributed by atoms with van der Waals surface area (Å²) in [4.78, 5) is 32.5. The first-order chi connectivity index (χ1) is 15.8. The minimum Gasteiger partial charge on any atom is -0.497 e. The van der Waals surface area contributed by atoms with Crippen LogP contribution in [0.25, 0.3) is 16.7 Å². The van der Waals surface area contributed by atoms with Crippen LogP contribution in [0.5, 0.6) is 11.5 Å². The Balaban J connectivity index is 1.69. The highest BCUT2D eigenvalue weighted by Crippen LogP contribution is 2.39. The number of ether oxygens (including phenoxy) is 2. The number of imide groups is 1. The lowest BCUT2D eigenvalue weighted by Gasteiger charge is -2.18. The van der Waals surface area contributed by atoms with Crippen LogP contribution in [0.4, 0.5) is 5.69 Å². The van der Waals surface area contributed by atoms with E-state index in [1.54, 1.807) is 22.9 Å². The van der Waals surface area contributed by atoms with E-state index in [0.29, 0.717) is 39.5 Å². The largest absolute Gasteiger partial charge is 0.497 e. The number of fused-ring (bicyclic) bond motifs is 3. The molecule has 2 aromatic carbocycles. The van der Waals surface area contributed by atoms with Crippen LogP contribution in [-0.4, -0.2) is 40.8 Å². The minimum atomic E-state index is -0.453. The molecule has 8 nitrogen and oxygen atoms in total. The Labute approximate surface area is 190 Å². The number of hydrogen-bond donors (Lipinski definition) is 0. The number of methoxy groups -OCH3 is 2. The molecule has 0 N–H and O–H groups in total. The third kappa shape index (κ3) is 2.98. The number of rotatable bonds is 4. The Morgan fingerprint density at radius 1 is 0.879 bits per heavy atom. The molecular weight excluding hydrogens is 420 g/mol. The number of aromatic nitrogens is 3. The maximum Gasteiger partial charge on any atom is 0.267 e. The Hall–Kier alpha value is -4.20. The van der Waals surface area contributed by atoms with E-state index in [9.17, 15) is 9.59 Å². The number of benzene rings is 2. The number of carbonyl (C=O) groups is 2. The summed E-state index contributed by atoms with van der Waals surface area (Å²) in [7, 11) is 3.02. The molecule has 0 atom stereocenters. The van der Waals surface area contributed by atoms with Crippen LogP contribution in [0.3, 0.4) is 0 Å². The summed E-state index contributed by atoms with van der Waals surface area (Å²) in [6, 6.07) is 11.0. The summed E-state index contributed by atoms with van der Waals surface area (Å²) in [5.41, 5.74) is 5.18. The van der Waals surface area contributed by atoms with Gasteiger partial charge in [0.05, 0.1) is 47.8 Å². The fourth-order valence-corrected chi connectivity index (χ4v) is 4.19. The van der Waals surface area contributed by atoms with Crippen LogP contribution >= 0.6 is 0 Å². The molecule has 33 heavy (non-hydrogen) atoms. The van der Waals surface area contributed by atoms with Crippen LogP contribution in [-0.2, 0) is 0 Å². The van der Waals surface area contributed by atoms with Crippen molar-refractivity contribution in [3.8, 4) is 17.2 Å². The van der Waals surface area contributed by atoms with Crippen molar-refractivity contribution in [1.29, 1.82) is 0 Å². The molecule has 166 valence electrons. The Morgan fingerprint density at radius 3 is 2.36 bits per heavy atom. The van der Waals surface area contributed by atoms with Crippen molar-refractivity contribution in [2.75, 3.05) is 19.1 Å². The summed E-state index contributed by atoms with van der Waals surface area (Å²) >= 11 is 0. The van der Waals surface area contributed by atoms with E-state index in [0.717, 1.165) is 16.2 Å². The van der Waals surface area contributed by atoms with E-state index >= 15 is 0 Å². The molecule has 5 rings (SSSR count). The number of amides is 2. The number of hydrogen-bond acceptors (Lipinski definition) is 6. The predicted molar refractivity (Wildman–Crippen MR) is 124 cm³/mol. The minimum absolute atomic E-state index is 0.244. The second-order valence-electron chi connectivity index (χ2n) is 7.99. The van der Waals surface area contributed by atoms with Crippen molar-refractivity contribution in [3.63, 3.8) is 0 Å². The first-order valence-electron chi connectivity index (χ1n) is 10.4. The molecule has 8 heteroatoms. The Kier molecular flexibility index (Phi) is 4.67. The third-order valence-corrected chi connectivity index (χ3v) is 6.08. The number of aryl methyl sites for hydroxylation is 3. The average molecular weight is 442 g/mol. The molecule has 0 saturated carbocycles. The van der Waals surface area contributed by atoms with Crippen molar-refractivity contribution >= 4 is 28.5 Å². The van der Waals surface area contributed by atoms with Gasteiger partial charge in [0.1, 0.15) is 11.5 Å². The SMILES string of the molecule is COc1ccc(N2C(=O)c3cnc4c(c(C)nn4-c4ccc(C)c(C)c4)c3C2=O)c(OC)c1. The molecular formula is C25H22N4O4. The fourth-order valence-electron chi connectivity index (χ4n) is 4.19. The van der Waals surface area contributed by atoms with Gasteiger partial charge in [-0.2, -0.15) is 5.10 Å². The lowest BCUT2D eigenvalue weighted by atomic mass is 10.1. The average Bonchev–Trinajstić information content (AvgIpc) is 3.28. The molecule has 1 aliphatic heterocycles. The fraction of sp³-hybridized carbons (Fsp3) is 0.200. The predicted octanol–water partition coefficient (Wildman–Crippen LogP) is 4.16. The van der Waals surface area contributed by atoms with Gasteiger partial charge in [0, 0.05) is 12.3 Å². The van der Waals surface area contributed by atoms with Crippen LogP contribution < -0.4 is 14.4 Å². The number of carbonyl (C=O) groups excluding carboxylic acids is 2. The highest BCUT2D eigenvalue weighted by Gasteiger charge is 2.41. The van der Waals surface area contributed by atoms with E-state index < -0.39 is 11.8 Å². The quantitative estimate of drug-likeness (QED) is 0.441. The summed E-state index contributed by atoms with van der Waals surface area (Å²) in [5.74, 6) is 0.0252. The van der Waals surface area contributed by atoms with Gasteiger partial charge in [-0.3, -0.25) is 9.59 Å². The van der Waals surface area contributed by atoms with E-state index in [2.05, 4.69) is 10.1 Å². The van der Waals surface area contributed by atoms with Crippen LogP contribution in [0, 0.1) is 20.8 Å². The summed E-state index contributed by atoms with van der Waals surface area (Å²) < 4.78 is 12.4. The second-order valence-corrected chi connectivity index (χ2v) is 7.99. The van der Waals surface area contributed by atoms with E-state index in [-0.39, 0.29) is 5.56 Å². The van der Waals surface area contributed by atoms with Crippen molar-refractivity contribution in [2.45, 2.75) is 20.8 Å². The lowest BCUT2D eigenvalue weighted by Crippen LogP contribution is -2.29. The highest BCUT2D eigenvalue weighted by molar-refractivity contribution is 6.37. The molecule has 2 amide bonds. The zero-order valence-electron chi connectivity index (χ0n) is 19.0. The summed E-state index contributed by atoms with van der Waals surface area (Å²) in [6.45, 7) is 5.89. The van der Waals surface area contributed by atoms with Crippen LogP contribution in [0.2, 0.25) is 0 Å². The van der Waals surface area contributed by atoms with E-state index in [4.69, 9.17) is 9.47 Å². The maximum atomic E-state index is 13.6. The van der Waals surface area contributed by atoms with Gasteiger partial charge in [-0.05, 0) is 56.2 Å². The van der Waals surface area contributed by atoms with Crippen LogP contribution in [0.15, 0.2) is 42.6 Å². The standard InChI is InChI=1S/C25H22N4O4/c1-13-6-7-16(10-14(13)2)29-23-21(15(3)27-29)22-18(12-26-23)24(30)28(25(22)31)19-9-8-17(32-4)11-20(19)33-5/h6-12H,1-5H3. The summed E-state index contributed by atoms with van der Waals surface area (Å²) in [5, 5.41) is 5.22. The molecule has 0 saturated heterocycles. The zero-order chi connectivity index (χ0) is 23.4. The molecule has 1 aliphatic rings. The van der Waals surface area contributed by atoms with E-state index in [1.165, 1.54) is 26.0 Å². The van der Waals surface area contributed by atoms with Crippen molar-refractivity contribution in [1.82, 2.24) is 14.8 Å². The first kappa shape index (κ1) is 20.7. The molecule has 0 aliphatic carbocycles. The molecule has 0 fully saturated rings. The number of pyridine rings is 1. The normalized spacial score (nSPS) is 13.1. The number of anilines is 1. The van der Waals surface area contributed by atoms with Gasteiger partial charge >= 0.3 is 0 Å². The summed E-state index contributed by atoms with van der Waals surface area (Å²) in [6.07, 6.45) is 1.45. The Bertz CT molecular complexity index is 1470. The topological polar surface area (TPSA) is 86.5 Å². The molecule has 0 radical (unpaired) electrons. The molecule has 0 unspecified atom stereocenters. The Morgan fingerprint density at radius 2 is 1.67 bits per heavy atom. The first-order valence-corrected chi connectivity index (χ1v) is 10.4. The molecule has 4 aromatic rings. The molecule has 3 heterocycles. The third-order valence-electron chi connectivity index (χ3n) is 6.08. The van der Waals surface area contributed by atoms with Gasteiger partial charge in [0.25, 0.3) is 11.8 Å². The molecule has 2 aromatic heterocycles. The zero-order valence-corrected chi connectivity index (χ0v) is 19.0. The van der Waals surface area contributed by atoms with Crippen molar-refractivity contribution in [3.05, 3.63) is 70.5 Å². The van der Waals surface area contributed by atoms with Gasteiger partial charge in [0.2, 0.25) is 0 Å². The van der Waals surface area contributed by atoms with Crippen LogP contribution in [0.1, 0.15) is 37.5 Å². The van der Waals surface area contributed by atoms with Gasteiger partial charge in [-0.25, -0.2) is 14.6 Å². The van der Waals surface area contributed by atoms with E-state index in [1.807, 2.05) is 39.0 Å². The van der Waals surface area contributed by atoms with Gasteiger partial charge < -0.3 is 9.47 Å².